The molecule has 1 atom stereocenters. The van der Waals surface area contributed by atoms with Crippen molar-refractivity contribution in [3.05, 3.63) is 29.6 Å². The van der Waals surface area contributed by atoms with Crippen LogP contribution >= 0.6 is 0 Å². The molecule has 3 rings (SSSR count). The van der Waals surface area contributed by atoms with Crippen molar-refractivity contribution in [2.75, 3.05) is 32.8 Å². The van der Waals surface area contributed by atoms with Crippen LogP contribution in [0, 0.1) is 6.92 Å². The molecule has 1 amide bonds. The predicted molar refractivity (Wildman–Crippen MR) is 89.0 cm³/mol. The number of nitrogens with zero attached hydrogens (tertiary/aromatic N) is 3. The average molecular weight is 317 g/mol. The quantitative estimate of drug-likeness (QED) is 0.805. The number of aryl methyl sites for hydroxylation is 1. The van der Waals surface area contributed by atoms with Gasteiger partial charge in [0, 0.05) is 45.2 Å². The van der Waals surface area contributed by atoms with Crippen molar-refractivity contribution in [3.8, 4) is 0 Å². The summed E-state index contributed by atoms with van der Waals surface area (Å²) in [6.45, 7) is 6.80. The highest BCUT2D eigenvalue weighted by molar-refractivity contribution is 5.78. The zero-order valence-corrected chi connectivity index (χ0v) is 14.0. The van der Waals surface area contributed by atoms with Crippen molar-refractivity contribution in [1.82, 2.24) is 14.8 Å². The molecule has 0 radical (unpaired) electrons. The first kappa shape index (κ1) is 16.4. The Morgan fingerprint density at radius 1 is 1.35 bits per heavy atom. The van der Waals surface area contributed by atoms with Crippen LogP contribution in [0.2, 0.25) is 0 Å². The Balaban J connectivity index is 1.63. The number of carbonyl (C=O) groups excluding carboxylic acids is 1. The van der Waals surface area contributed by atoms with Crippen LogP contribution in [0.3, 0.4) is 0 Å². The van der Waals surface area contributed by atoms with E-state index >= 15 is 0 Å². The summed E-state index contributed by atoms with van der Waals surface area (Å²) in [5.74, 6) is 0.251. The summed E-state index contributed by atoms with van der Waals surface area (Å²) in [5.41, 5.74) is 2.32. The van der Waals surface area contributed by atoms with Crippen molar-refractivity contribution < 1.29 is 9.53 Å². The molecule has 5 nitrogen and oxygen atoms in total. The summed E-state index contributed by atoms with van der Waals surface area (Å²) in [6, 6.07) is 2.15. The van der Waals surface area contributed by atoms with Crippen LogP contribution in [-0.4, -0.2) is 59.6 Å². The molecule has 2 aliphatic heterocycles. The third kappa shape index (κ3) is 4.75. The van der Waals surface area contributed by atoms with E-state index < -0.39 is 0 Å². The molecular weight excluding hydrogens is 290 g/mol. The largest absolute Gasteiger partial charge is 0.377 e. The third-order valence-corrected chi connectivity index (χ3v) is 4.64. The van der Waals surface area contributed by atoms with E-state index in [0.717, 1.165) is 69.6 Å². The van der Waals surface area contributed by atoms with Crippen LogP contribution < -0.4 is 0 Å². The number of hydrogen-bond donors (Lipinski definition) is 0. The molecule has 1 aromatic rings. The van der Waals surface area contributed by atoms with Gasteiger partial charge in [-0.1, -0.05) is 6.07 Å². The molecule has 0 unspecified atom stereocenters. The summed E-state index contributed by atoms with van der Waals surface area (Å²) in [6.07, 6.45) is 8.53. The van der Waals surface area contributed by atoms with Crippen LogP contribution in [0.1, 0.15) is 36.8 Å². The van der Waals surface area contributed by atoms with Gasteiger partial charge in [-0.15, -0.1) is 0 Å². The Labute approximate surface area is 138 Å². The van der Waals surface area contributed by atoms with Crippen LogP contribution in [0.15, 0.2) is 18.5 Å². The molecule has 126 valence electrons. The Morgan fingerprint density at radius 3 is 2.87 bits per heavy atom. The zero-order valence-electron chi connectivity index (χ0n) is 14.0. The molecule has 2 aliphatic rings. The van der Waals surface area contributed by atoms with Gasteiger partial charge in [-0.2, -0.15) is 0 Å². The maximum Gasteiger partial charge on any atom is 0.236 e. The standard InChI is InChI=1S/C18H27N3O2/c1-15-9-16(11-19-10-15)12-20(13-17-5-4-8-23-17)14-18(22)21-6-2-3-7-21/h9-11,17H,2-8,12-14H2,1H3/t17-/m0/s1. The van der Waals surface area contributed by atoms with Crippen LogP contribution in [0.5, 0.6) is 0 Å². The summed E-state index contributed by atoms with van der Waals surface area (Å²) in [4.78, 5) is 21.0. The van der Waals surface area contributed by atoms with E-state index in [9.17, 15) is 4.79 Å². The molecule has 1 aromatic heterocycles. The third-order valence-electron chi connectivity index (χ3n) is 4.64. The SMILES string of the molecule is Cc1cncc(CN(CC(=O)N2CCCC2)C[C@@H]2CCCO2)c1. The minimum atomic E-state index is 0.251. The number of hydrogen-bond acceptors (Lipinski definition) is 4. The highest BCUT2D eigenvalue weighted by Gasteiger charge is 2.24. The lowest BCUT2D eigenvalue weighted by atomic mass is 10.2. The Bertz CT molecular complexity index is 523. The van der Waals surface area contributed by atoms with Crippen LogP contribution in [-0.2, 0) is 16.1 Å². The van der Waals surface area contributed by atoms with Gasteiger partial charge in [0.1, 0.15) is 0 Å². The van der Waals surface area contributed by atoms with E-state index in [1.807, 2.05) is 17.3 Å². The van der Waals surface area contributed by atoms with E-state index in [1.165, 1.54) is 0 Å². The summed E-state index contributed by atoms with van der Waals surface area (Å²) in [7, 11) is 0. The van der Waals surface area contributed by atoms with E-state index in [2.05, 4.69) is 22.9 Å². The van der Waals surface area contributed by atoms with Crippen LogP contribution in [0.4, 0.5) is 0 Å². The molecule has 0 saturated carbocycles. The van der Waals surface area contributed by atoms with Gasteiger partial charge in [-0.3, -0.25) is 14.7 Å². The highest BCUT2D eigenvalue weighted by atomic mass is 16.5. The number of carbonyl (C=O) groups is 1. The number of ether oxygens (including phenoxy) is 1. The van der Waals surface area contributed by atoms with E-state index in [0.29, 0.717) is 6.54 Å². The topological polar surface area (TPSA) is 45.7 Å². The van der Waals surface area contributed by atoms with Crippen molar-refractivity contribution in [2.45, 2.75) is 45.3 Å². The number of rotatable bonds is 6. The van der Waals surface area contributed by atoms with E-state index in [-0.39, 0.29) is 12.0 Å². The first-order valence-corrected chi connectivity index (χ1v) is 8.73. The number of aromatic nitrogens is 1. The highest BCUT2D eigenvalue weighted by Crippen LogP contribution is 2.16. The Kier molecular flexibility index (Phi) is 5.62. The van der Waals surface area contributed by atoms with Crippen molar-refractivity contribution in [2.24, 2.45) is 0 Å². The molecule has 0 spiro atoms. The van der Waals surface area contributed by atoms with Crippen LogP contribution in [0.25, 0.3) is 0 Å². The second kappa shape index (κ2) is 7.88. The minimum absolute atomic E-state index is 0.251. The second-order valence-electron chi connectivity index (χ2n) is 6.76. The lowest BCUT2D eigenvalue weighted by Gasteiger charge is -2.27. The van der Waals surface area contributed by atoms with Gasteiger partial charge >= 0.3 is 0 Å². The molecule has 0 aliphatic carbocycles. The van der Waals surface area contributed by atoms with Gasteiger partial charge < -0.3 is 9.64 Å². The molecule has 0 N–H and O–H groups in total. The number of pyridine rings is 1. The first-order valence-electron chi connectivity index (χ1n) is 8.73. The monoisotopic (exact) mass is 317 g/mol. The maximum atomic E-state index is 12.5. The maximum absolute atomic E-state index is 12.5. The van der Waals surface area contributed by atoms with Gasteiger partial charge in [0.15, 0.2) is 0 Å². The van der Waals surface area contributed by atoms with Gasteiger partial charge in [-0.25, -0.2) is 0 Å². The predicted octanol–water partition coefficient (Wildman–Crippen LogP) is 1.99. The number of likely N-dealkylation sites (tertiary alicyclic amines) is 1. The molecule has 2 fully saturated rings. The summed E-state index contributed by atoms with van der Waals surface area (Å²) >= 11 is 0. The van der Waals surface area contributed by atoms with Gasteiger partial charge in [0.05, 0.1) is 12.6 Å². The lowest BCUT2D eigenvalue weighted by molar-refractivity contribution is -0.131. The minimum Gasteiger partial charge on any atom is -0.377 e. The fourth-order valence-electron chi connectivity index (χ4n) is 3.48. The molecule has 0 aromatic carbocycles. The normalized spacial score (nSPS) is 21.3. The summed E-state index contributed by atoms with van der Waals surface area (Å²) < 4.78 is 5.77. The molecular formula is C18H27N3O2. The molecule has 0 bridgehead atoms. The number of amides is 1. The molecule has 5 heteroatoms. The van der Waals surface area contributed by atoms with Crippen molar-refractivity contribution >= 4 is 5.91 Å². The summed E-state index contributed by atoms with van der Waals surface area (Å²) in [5, 5.41) is 0. The fourth-order valence-corrected chi connectivity index (χ4v) is 3.48. The van der Waals surface area contributed by atoms with Gasteiger partial charge in [0.25, 0.3) is 0 Å². The smallest absolute Gasteiger partial charge is 0.236 e. The Hall–Kier alpha value is -1.46. The van der Waals surface area contributed by atoms with Crippen molar-refractivity contribution in [3.63, 3.8) is 0 Å². The van der Waals surface area contributed by atoms with Gasteiger partial charge in [0.2, 0.25) is 5.91 Å². The lowest BCUT2D eigenvalue weighted by Crippen LogP contribution is -2.41. The van der Waals surface area contributed by atoms with E-state index in [1.54, 1.807) is 0 Å². The second-order valence-corrected chi connectivity index (χ2v) is 6.76. The van der Waals surface area contributed by atoms with E-state index in [4.69, 9.17) is 4.74 Å². The fraction of sp³-hybridized carbons (Fsp3) is 0.667. The molecule has 2 saturated heterocycles. The Morgan fingerprint density at radius 2 is 2.17 bits per heavy atom. The molecule has 3 heterocycles. The zero-order chi connectivity index (χ0) is 16.1. The van der Waals surface area contributed by atoms with Gasteiger partial charge in [-0.05, 0) is 43.7 Å². The van der Waals surface area contributed by atoms with Crippen molar-refractivity contribution in [1.29, 1.82) is 0 Å². The molecule has 23 heavy (non-hydrogen) atoms. The average Bonchev–Trinajstić information content (AvgIpc) is 3.20. The first-order chi connectivity index (χ1) is 11.2.